The van der Waals surface area contributed by atoms with E-state index >= 15 is 0 Å². The molecular formula is C16H17F2NO4S. The van der Waals surface area contributed by atoms with E-state index in [9.17, 15) is 17.2 Å². The third-order valence-electron chi connectivity index (χ3n) is 3.42. The van der Waals surface area contributed by atoms with E-state index in [0.29, 0.717) is 23.1 Å². The van der Waals surface area contributed by atoms with Crippen molar-refractivity contribution in [3.05, 3.63) is 53.6 Å². The zero-order valence-electron chi connectivity index (χ0n) is 13.3. The van der Waals surface area contributed by atoms with Gasteiger partial charge in [-0.25, -0.2) is 21.9 Å². The summed E-state index contributed by atoms with van der Waals surface area (Å²) in [5.74, 6) is -0.934. The van der Waals surface area contributed by atoms with Crippen LogP contribution in [0.15, 0.2) is 41.3 Å². The lowest BCUT2D eigenvalue weighted by Crippen LogP contribution is -2.28. The van der Waals surface area contributed by atoms with Gasteiger partial charge in [-0.05, 0) is 43.3 Å². The normalized spacial score (nSPS) is 12.7. The first-order chi connectivity index (χ1) is 11.3. The molecule has 0 aliphatic heterocycles. The van der Waals surface area contributed by atoms with E-state index in [-0.39, 0.29) is 0 Å². The average Bonchev–Trinajstić information content (AvgIpc) is 2.55. The van der Waals surface area contributed by atoms with Crippen molar-refractivity contribution in [2.45, 2.75) is 17.9 Å². The summed E-state index contributed by atoms with van der Waals surface area (Å²) in [4.78, 5) is -0.754. The molecule has 0 radical (unpaired) electrons. The van der Waals surface area contributed by atoms with Crippen LogP contribution in [0.25, 0.3) is 0 Å². The van der Waals surface area contributed by atoms with Crippen LogP contribution in [0.2, 0.25) is 0 Å². The molecule has 8 heteroatoms. The number of methoxy groups -OCH3 is 2. The van der Waals surface area contributed by atoms with Gasteiger partial charge in [0.2, 0.25) is 10.0 Å². The molecule has 130 valence electrons. The minimum absolute atomic E-state index is 0.436. The summed E-state index contributed by atoms with van der Waals surface area (Å²) in [6.07, 6.45) is 0. The molecule has 1 atom stereocenters. The number of benzene rings is 2. The van der Waals surface area contributed by atoms with Crippen molar-refractivity contribution in [2.75, 3.05) is 14.2 Å². The second-order valence-corrected chi connectivity index (χ2v) is 6.71. The highest BCUT2D eigenvalue weighted by Crippen LogP contribution is 2.30. The zero-order valence-corrected chi connectivity index (χ0v) is 14.2. The van der Waals surface area contributed by atoms with Gasteiger partial charge in [0, 0.05) is 11.6 Å². The second kappa shape index (κ2) is 7.14. The minimum Gasteiger partial charge on any atom is -0.497 e. The Kier molecular flexibility index (Phi) is 5.40. The Morgan fingerprint density at radius 2 is 1.75 bits per heavy atom. The van der Waals surface area contributed by atoms with Gasteiger partial charge in [-0.3, -0.25) is 0 Å². The zero-order chi connectivity index (χ0) is 17.9. The molecule has 0 saturated heterocycles. The largest absolute Gasteiger partial charge is 0.497 e. The number of hydrogen-bond acceptors (Lipinski definition) is 4. The smallest absolute Gasteiger partial charge is 0.244 e. The fraction of sp³-hybridized carbons (Fsp3) is 0.250. The molecule has 0 fully saturated rings. The van der Waals surface area contributed by atoms with E-state index in [1.54, 1.807) is 25.1 Å². The van der Waals surface area contributed by atoms with Gasteiger partial charge in [0.05, 0.1) is 14.2 Å². The molecule has 0 bridgehead atoms. The summed E-state index contributed by atoms with van der Waals surface area (Å²) in [5.41, 5.74) is 0.497. The van der Waals surface area contributed by atoms with Gasteiger partial charge < -0.3 is 9.47 Å². The lowest BCUT2D eigenvalue weighted by Gasteiger charge is -2.18. The van der Waals surface area contributed by atoms with Crippen LogP contribution in [0.1, 0.15) is 18.5 Å². The van der Waals surface area contributed by atoms with E-state index in [0.717, 1.165) is 12.1 Å². The molecule has 0 aliphatic carbocycles. The second-order valence-electron chi connectivity index (χ2n) is 5.03. The predicted octanol–water partition coefficient (Wildman–Crippen LogP) is 3.02. The first-order valence-corrected chi connectivity index (χ1v) is 8.46. The SMILES string of the molecule is COc1ccc(OC)c(C(C)NS(=O)(=O)c2cc(F)ccc2F)c1. The Bertz CT molecular complexity index is 840. The molecule has 0 aliphatic rings. The highest BCUT2D eigenvalue weighted by atomic mass is 32.2. The van der Waals surface area contributed by atoms with Gasteiger partial charge in [0.25, 0.3) is 0 Å². The van der Waals surface area contributed by atoms with Gasteiger partial charge in [-0.1, -0.05) is 0 Å². The first kappa shape index (κ1) is 18.2. The molecule has 2 aromatic carbocycles. The highest BCUT2D eigenvalue weighted by molar-refractivity contribution is 7.89. The summed E-state index contributed by atoms with van der Waals surface area (Å²) in [6.45, 7) is 1.56. The van der Waals surface area contributed by atoms with Crippen LogP contribution < -0.4 is 14.2 Å². The van der Waals surface area contributed by atoms with Gasteiger partial charge in [0.15, 0.2) is 0 Å². The predicted molar refractivity (Wildman–Crippen MR) is 84.6 cm³/mol. The lowest BCUT2D eigenvalue weighted by atomic mass is 10.1. The van der Waals surface area contributed by atoms with Crippen molar-refractivity contribution in [1.29, 1.82) is 0 Å². The van der Waals surface area contributed by atoms with Crippen molar-refractivity contribution < 1.29 is 26.7 Å². The number of sulfonamides is 1. The standard InChI is InChI=1S/C16H17F2NO4S/c1-10(13-9-12(22-2)5-7-15(13)23-3)19-24(20,21)16-8-11(17)4-6-14(16)18/h4-10,19H,1-3H3. The van der Waals surface area contributed by atoms with Crippen LogP contribution in [0.3, 0.4) is 0 Å². The molecule has 2 rings (SSSR count). The number of rotatable bonds is 6. The molecule has 1 N–H and O–H groups in total. The van der Waals surface area contributed by atoms with E-state index in [1.165, 1.54) is 14.2 Å². The average molecular weight is 357 g/mol. The molecule has 0 heterocycles. The van der Waals surface area contributed by atoms with Gasteiger partial charge in [0.1, 0.15) is 28.0 Å². The summed E-state index contributed by atoms with van der Waals surface area (Å²) in [6, 6.07) is 6.38. The van der Waals surface area contributed by atoms with Crippen LogP contribution in [0.5, 0.6) is 11.5 Å². The minimum atomic E-state index is -4.27. The van der Waals surface area contributed by atoms with Crippen molar-refractivity contribution in [3.8, 4) is 11.5 Å². The number of hydrogen-bond donors (Lipinski definition) is 1. The molecule has 0 spiro atoms. The summed E-state index contributed by atoms with van der Waals surface area (Å²) >= 11 is 0. The molecule has 5 nitrogen and oxygen atoms in total. The number of halogens is 2. The number of ether oxygens (including phenoxy) is 2. The maximum atomic E-state index is 13.8. The van der Waals surface area contributed by atoms with E-state index < -0.39 is 32.6 Å². The third-order valence-corrected chi connectivity index (χ3v) is 4.97. The van der Waals surface area contributed by atoms with Crippen molar-refractivity contribution in [2.24, 2.45) is 0 Å². The van der Waals surface area contributed by atoms with Crippen LogP contribution in [0, 0.1) is 11.6 Å². The molecule has 0 aromatic heterocycles. The van der Waals surface area contributed by atoms with Gasteiger partial charge >= 0.3 is 0 Å². The van der Waals surface area contributed by atoms with E-state index in [1.807, 2.05) is 0 Å². The summed E-state index contributed by atoms with van der Waals surface area (Å²) in [7, 11) is -1.35. The summed E-state index contributed by atoms with van der Waals surface area (Å²) in [5, 5.41) is 0. The van der Waals surface area contributed by atoms with Crippen molar-refractivity contribution in [3.63, 3.8) is 0 Å². The lowest BCUT2D eigenvalue weighted by molar-refractivity contribution is 0.395. The monoisotopic (exact) mass is 357 g/mol. The molecular weight excluding hydrogens is 340 g/mol. The van der Waals surface area contributed by atoms with Crippen LogP contribution in [-0.4, -0.2) is 22.6 Å². The van der Waals surface area contributed by atoms with E-state index in [2.05, 4.69) is 4.72 Å². The van der Waals surface area contributed by atoms with Crippen LogP contribution in [0.4, 0.5) is 8.78 Å². The van der Waals surface area contributed by atoms with Crippen molar-refractivity contribution in [1.82, 2.24) is 4.72 Å². The summed E-state index contributed by atoms with van der Waals surface area (Å²) < 4.78 is 64.3. The van der Waals surface area contributed by atoms with Crippen LogP contribution >= 0.6 is 0 Å². The van der Waals surface area contributed by atoms with Gasteiger partial charge in [-0.2, -0.15) is 0 Å². The highest BCUT2D eigenvalue weighted by Gasteiger charge is 2.24. The Balaban J connectivity index is 2.38. The molecule has 0 saturated carbocycles. The van der Waals surface area contributed by atoms with Crippen molar-refractivity contribution >= 4 is 10.0 Å². The van der Waals surface area contributed by atoms with E-state index in [4.69, 9.17) is 9.47 Å². The number of nitrogens with one attached hydrogen (secondary N) is 1. The fourth-order valence-electron chi connectivity index (χ4n) is 2.22. The topological polar surface area (TPSA) is 64.6 Å². The first-order valence-electron chi connectivity index (χ1n) is 6.98. The Labute approximate surface area is 139 Å². The molecule has 1 unspecified atom stereocenters. The third kappa shape index (κ3) is 3.82. The molecule has 2 aromatic rings. The van der Waals surface area contributed by atoms with Gasteiger partial charge in [-0.15, -0.1) is 0 Å². The fourth-order valence-corrected chi connectivity index (χ4v) is 3.53. The van der Waals surface area contributed by atoms with Crippen LogP contribution in [-0.2, 0) is 10.0 Å². The molecule has 24 heavy (non-hydrogen) atoms. The Morgan fingerprint density at radius 3 is 2.38 bits per heavy atom. The maximum Gasteiger partial charge on any atom is 0.244 e. The Morgan fingerprint density at radius 1 is 1.04 bits per heavy atom. The Hall–Kier alpha value is -2.19. The quantitative estimate of drug-likeness (QED) is 0.863. The maximum absolute atomic E-state index is 13.8. The molecule has 0 amide bonds.